The summed E-state index contributed by atoms with van der Waals surface area (Å²) in [5.41, 5.74) is 2.29. The molecule has 2 rings (SSSR count). The third kappa shape index (κ3) is 3.41. The second kappa shape index (κ2) is 6.41. The second-order valence-corrected chi connectivity index (χ2v) is 6.05. The van der Waals surface area contributed by atoms with E-state index in [1.54, 1.807) is 13.2 Å². The number of methoxy groups -OCH3 is 1. The number of carbonyl (C=O) groups is 1. The van der Waals surface area contributed by atoms with Gasteiger partial charge < -0.3 is 10.1 Å². The molecule has 0 saturated heterocycles. The van der Waals surface area contributed by atoms with Crippen molar-refractivity contribution < 1.29 is 9.53 Å². The van der Waals surface area contributed by atoms with Crippen molar-refractivity contribution in [3.63, 3.8) is 0 Å². The van der Waals surface area contributed by atoms with Gasteiger partial charge in [0.1, 0.15) is 5.75 Å². The van der Waals surface area contributed by atoms with Gasteiger partial charge in [-0.2, -0.15) is 0 Å². The quantitative estimate of drug-likeness (QED) is 0.807. The van der Waals surface area contributed by atoms with Gasteiger partial charge >= 0.3 is 0 Å². The Hall–Kier alpha value is -1.33. The third-order valence-electron chi connectivity index (χ3n) is 2.78. The van der Waals surface area contributed by atoms with Crippen molar-refractivity contribution in [3.8, 4) is 5.75 Å². The van der Waals surface area contributed by atoms with E-state index in [-0.39, 0.29) is 5.91 Å². The molecular weight excluding hydrogens is 386 g/mol. The standard InChI is InChI=1S/C15H13Br2NO2/c1-9-3-6-13(14(7-9)20-2)18-15(19)11-5-4-10(16)8-12(11)17/h3-8H,1-2H3,(H,18,19). The summed E-state index contributed by atoms with van der Waals surface area (Å²) in [6.07, 6.45) is 0. The fraction of sp³-hybridized carbons (Fsp3) is 0.133. The summed E-state index contributed by atoms with van der Waals surface area (Å²) in [6, 6.07) is 11.1. The second-order valence-electron chi connectivity index (χ2n) is 4.28. The number of carbonyl (C=O) groups excluding carboxylic acids is 1. The number of halogens is 2. The molecule has 1 N–H and O–H groups in total. The van der Waals surface area contributed by atoms with Crippen LogP contribution in [0, 0.1) is 6.92 Å². The zero-order valence-corrected chi connectivity index (χ0v) is 14.2. The molecule has 0 aliphatic heterocycles. The minimum absolute atomic E-state index is 0.188. The summed E-state index contributed by atoms with van der Waals surface area (Å²) < 4.78 is 6.92. The minimum atomic E-state index is -0.188. The first-order chi connectivity index (χ1) is 9.51. The van der Waals surface area contributed by atoms with E-state index in [4.69, 9.17) is 4.74 Å². The Kier molecular flexibility index (Phi) is 4.83. The lowest BCUT2D eigenvalue weighted by molar-refractivity contribution is 0.102. The summed E-state index contributed by atoms with van der Waals surface area (Å²) in [5, 5.41) is 2.86. The van der Waals surface area contributed by atoms with Crippen LogP contribution in [0.2, 0.25) is 0 Å². The molecule has 1 amide bonds. The van der Waals surface area contributed by atoms with Crippen LogP contribution in [0.4, 0.5) is 5.69 Å². The highest BCUT2D eigenvalue weighted by atomic mass is 79.9. The molecule has 2 aromatic rings. The maximum Gasteiger partial charge on any atom is 0.256 e. The van der Waals surface area contributed by atoms with Crippen LogP contribution < -0.4 is 10.1 Å². The Balaban J connectivity index is 2.28. The molecule has 0 aliphatic rings. The van der Waals surface area contributed by atoms with Crippen LogP contribution in [0.1, 0.15) is 15.9 Å². The first kappa shape index (κ1) is 15.1. The van der Waals surface area contributed by atoms with Gasteiger partial charge in [0.25, 0.3) is 5.91 Å². The van der Waals surface area contributed by atoms with E-state index in [0.717, 1.165) is 14.5 Å². The topological polar surface area (TPSA) is 38.3 Å². The molecule has 5 heteroatoms. The zero-order valence-electron chi connectivity index (χ0n) is 11.0. The van der Waals surface area contributed by atoms with Crippen molar-refractivity contribution >= 4 is 43.5 Å². The van der Waals surface area contributed by atoms with Crippen molar-refractivity contribution in [1.29, 1.82) is 0 Å². The molecule has 0 aliphatic carbocycles. The average molecular weight is 399 g/mol. The molecule has 3 nitrogen and oxygen atoms in total. The number of nitrogens with one attached hydrogen (secondary N) is 1. The monoisotopic (exact) mass is 397 g/mol. The fourth-order valence-electron chi connectivity index (χ4n) is 1.76. The van der Waals surface area contributed by atoms with Gasteiger partial charge in [-0.05, 0) is 58.7 Å². The molecule has 0 aromatic heterocycles. The maximum absolute atomic E-state index is 12.3. The van der Waals surface area contributed by atoms with E-state index in [1.165, 1.54) is 0 Å². The van der Waals surface area contributed by atoms with E-state index in [2.05, 4.69) is 37.2 Å². The largest absolute Gasteiger partial charge is 0.495 e. The first-order valence-electron chi connectivity index (χ1n) is 5.92. The first-order valence-corrected chi connectivity index (χ1v) is 7.51. The van der Waals surface area contributed by atoms with Crippen molar-refractivity contribution in [2.75, 3.05) is 12.4 Å². The molecule has 0 unspecified atom stereocenters. The van der Waals surface area contributed by atoms with Gasteiger partial charge in [-0.25, -0.2) is 0 Å². The number of rotatable bonds is 3. The van der Waals surface area contributed by atoms with E-state index < -0.39 is 0 Å². The number of ether oxygens (including phenoxy) is 1. The molecule has 0 saturated carbocycles. The zero-order chi connectivity index (χ0) is 14.7. The van der Waals surface area contributed by atoms with Crippen molar-refractivity contribution in [3.05, 3.63) is 56.5 Å². The summed E-state index contributed by atoms with van der Waals surface area (Å²) in [5.74, 6) is 0.457. The maximum atomic E-state index is 12.3. The molecule has 2 aromatic carbocycles. The van der Waals surface area contributed by atoms with E-state index in [9.17, 15) is 4.79 Å². The van der Waals surface area contributed by atoms with Crippen LogP contribution >= 0.6 is 31.9 Å². The van der Waals surface area contributed by atoms with Crippen molar-refractivity contribution in [1.82, 2.24) is 0 Å². The van der Waals surface area contributed by atoms with Gasteiger partial charge in [-0.15, -0.1) is 0 Å². The Labute approximate surface area is 134 Å². The van der Waals surface area contributed by atoms with Crippen molar-refractivity contribution in [2.45, 2.75) is 6.92 Å². The lowest BCUT2D eigenvalue weighted by atomic mass is 10.2. The summed E-state index contributed by atoms with van der Waals surface area (Å²) in [7, 11) is 1.58. The average Bonchev–Trinajstić information content (AvgIpc) is 2.40. The van der Waals surface area contributed by atoms with Gasteiger partial charge in [0.2, 0.25) is 0 Å². The van der Waals surface area contributed by atoms with Gasteiger partial charge in [0, 0.05) is 8.95 Å². The van der Waals surface area contributed by atoms with E-state index in [0.29, 0.717) is 17.0 Å². The van der Waals surface area contributed by atoms with E-state index in [1.807, 2.05) is 37.3 Å². The van der Waals surface area contributed by atoms with E-state index >= 15 is 0 Å². The van der Waals surface area contributed by atoms with Gasteiger partial charge in [-0.3, -0.25) is 4.79 Å². The molecule has 0 heterocycles. The van der Waals surface area contributed by atoms with Crippen LogP contribution in [0.3, 0.4) is 0 Å². The fourth-order valence-corrected chi connectivity index (χ4v) is 2.99. The van der Waals surface area contributed by atoms with Crippen LogP contribution in [0.5, 0.6) is 5.75 Å². The van der Waals surface area contributed by atoms with Gasteiger partial charge in [0.15, 0.2) is 0 Å². The molecule has 104 valence electrons. The Morgan fingerprint density at radius 3 is 2.55 bits per heavy atom. The summed E-state index contributed by atoms with van der Waals surface area (Å²) >= 11 is 6.75. The molecule has 0 atom stereocenters. The normalized spacial score (nSPS) is 10.2. The van der Waals surface area contributed by atoms with Crippen LogP contribution in [-0.4, -0.2) is 13.0 Å². The van der Waals surface area contributed by atoms with Crippen LogP contribution in [-0.2, 0) is 0 Å². The lowest BCUT2D eigenvalue weighted by Crippen LogP contribution is -2.13. The molecule has 0 fully saturated rings. The highest BCUT2D eigenvalue weighted by Crippen LogP contribution is 2.27. The predicted octanol–water partition coefficient (Wildman–Crippen LogP) is 4.78. The summed E-state index contributed by atoms with van der Waals surface area (Å²) in [4.78, 5) is 12.3. The Bertz CT molecular complexity index is 656. The third-order valence-corrected chi connectivity index (χ3v) is 3.93. The minimum Gasteiger partial charge on any atom is -0.495 e. The van der Waals surface area contributed by atoms with Crippen LogP contribution in [0.25, 0.3) is 0 Å². The molecule has 0 radical (unpaired) electrons. The number of anilines is 1. The van der Waals surface area contributed by atoms with Crippen molar-refractivity contribution in [2.24, 2.45) is 0 Å². The Morgan fingerprint density at radius 1 is 1.15 bits per heavy atom. The number of amides is 1. The number of aryl methyl sites for hydroxylation is 1. The molecule has 20 heavy (non-hydrogen) atoms. The predicted molar refractivity (Wildman–Crippen MR) is 87.5 cm³/mol. The number of benzene rings is 2. The van der Waals surface area contributed by atoms with Gasteiger partial charge in [-0.1, -0.05) is 22.0 Å². The lowest BCUT2D eigenvalue weighted by Gasteiger charge is -2.11. The SMILES string of the molecule is COc1cc(C)ccc1NC(=O)c1ccc(Br)cc1Br. The van der Waals surface area contributed by atoms with Crippen LogP contribution in [0.15, 0.2) is 45.3 Å². The smallest absolute Gasteiger partial charge is 0.256 e. The molecule has 0 spiro atoms. The highest BCUT2D eigenvalue weighted by Gasteiger charge is 2.13. The molecular formula is C15H13Br2NO2. The highest BCUT2D eigenvalue weighted by molar-refractivity contribution is 9.11. The summed E-state index contributed by atoms with van der Waals surface area (Å²) in [6.45, 7) is 1.97. The molecule has 0 bridgehead atoms. The number of hydrogen-bond donors (Lipinski definition) is 1. The number of hydrogen-bond acceptors (Lipinski definition) is 2. The Morgan fingerprint density at radius 2 is 1.90 bits per heavy atom. The van der Waals surface area contributed by atoms with Gasteiger partial charge in [0.05, 0.1) is 18.4 Å².